The second-order valence-corrected chi connectivity index (χ2v) is 4.16. The van der Waals surface area contributed by atoms with Crippen molar-refractivity contribution in [3.8, 4) is 0 Å². The van der Waals surface area contributed by atoms with Gasteiger partial charge in [-0.1, -0.05) is 26.7 Å². The Morgan fingerprint density at radius 2 is 1.12 bits per heavy atom. The van der Waals surface area contributed by atoms with E-state index in [2.05, 4.69) is 13.8 Å². The summed E-state index contributed by atoms with van der Waals surface area (Å²) in [5.74, 6) is -0.792. The van der Waals surface area contributed by atoms with Gasteiger partial charge in [0, 0.05) is 27.2 Å². The minimum absolute atomic E-state index is 0.396. The highest BCUT2D eigenvalue weighted by Gasteiger charge is 2.21. The molecule has 0 fully saturated rings. The summed E-state index contributed by atoms with van der Waals surface area (Å²) < 4.78 is 0. The van der Waals surface area contributed by atoms with Crippen molar-refractivity contribution in [3.63, 3.8) is 0 Å². The first-order chi connectivity index (χ1) is 7.54. The molecule has 0 radical (unpaired) electrons. The fraction of sp³-hybridized carbons (Fsp3) is 0.833. The number of rotatable bonds is 6. The average Bonchev–Trinajstić information content (AvgIpc) is 2.30. The number of unbranched alkanes of at least 4 members (excludes halogenated alkanes) is 2. The van der Waals surface area contributed by atoms with Crippen LogP contribution >= 0.6 is 0 Å². The highest BCUT2D eigenvalue weighted by molar-refractivity contribution is 6.34. The molecular weight excluding hydrogens is 204 g/mol. The van der Waals surface area contributed by atoms with Crippen molar-refractivity contribution in [2.75, 3.05) is 27.2 Å². The first-order valence-electron chi connectivity index (χ1n) is 6.05. The summed E-state index contributed by atoms with van der Waals surface area (Å²) in [5, 5.41) is 0. The van der Waals surface area contributed by atoms with Gasteiger partial charge >= 0.3 is 11.8 Å². The molecule has 0 N–H and O–H groups in total. The van der Waals surface area contributed by atoms with Crippen LogP contribution in [0.1, 0.15) is 39.5 Å². The predicted molar refractivity (Wildman–Crippen MR) is 65.1 cm³/mol. The molecular formula is C12H24N2O2. The molecule has 94 valence electrons. The van der Waals surface area contributed by atoms with E-state index in [9.17, 15) is 9.59 Å². The van der Waals surface area contributed by atoms with Gasteiger partial charge in [-0.15, -0.1) is 0 Å². The molecule has 16 heavy (non-hydrogen) atoms. The summed E-state index contributed by atoms with van der Waals surface area (Å²) in [5.41, 5.74) is 0. The lowest BCUT2D eigenvalue weighted by Crippen LogP contribution is -2.42. The van der Waals surface area contributed by atoms with Gasteiger partial charge in [-0.2, -0.15) is 0 Å². The van der Waals surface area contributed by atoms with Crippen LogP contribution in [-0.2, 0) is 9.59 Å². The fourth-order valence-electron chi connectivity index (χ4n) is 1.32. The number of amides is 2. The van der Waals surface area contributed by atoms with E-state index in [0.717, 1.165) is 25.7 Å². The zero-order valence-electron chi connectivity index (χ0n) is 11.0. The molecule has 0 aromatic rings. The maximum Gasteiger partial charge on any atom is 0.311 e. The molecule has 0 aromatic carbocycles. The summed E-state index contributed by atoms with van der Waals surface area (Å²) in [4.78, 5) is 26.4. The molecule has 0 rings (SSSR count). The Balaban J connectivity index is 4.10. The largest absolute Gasteiger partial charge is 0.338 e. The van der Waals surface area contributed by atoms with Crippen LogP contribution in [0.2, 0.25) is 0 Å². The maximum atomic E-state index is 11.7. The van der Waals surface area contributed by atoms with Crippen molar-refractivity contribution < 1.29 is 9.59 Å². The molecule has 0 aliphatic carbocycles. The number of hydrogen-bond donors (Lipinski definition) is 0. The van der Waals surface area contributed by atoms with Gasteiger partial charge in [0.15, 0.2) is 0 Å². The minimum atomic E-state index is -0.396. The van der Waals surface area contributed by atoms with Crippen LogP contribution in [0.5, 0.6) is 0 Å². The quantitative estimate of drug-likeness (QED) is 0.646. The maximum absolute atomic E-state index is 11.7. The third-order valence-corrected chi connectivity index (χ3v) is 2.57. The summed E-state index contributed by atoms with van der Waals surface area (Å²) in [6, 6.07) is 0. The molecule has 0 spiro atoms. The van der Waals surface area contributed by atoms with E-state index in [4.69, 9.17) is 0 Å². The van der Waals surface area contributed by atoms with Crippen LogP contribution in [0.4, 0.5) is 0 Å². The van der Waals surface area contributed by atoms with Gasteiger partial charge in [0.1, 0.15) is 0 Å². The van der Waals surface area contributed by atoms with E-state index < -0.39 is 11.8 Å². The number of carbonyl (C=O) groups excluding carboxylic acids is 2. The van der Waals surface area contributed by atoms with Crippen LogP contribution in [0, 0.1) is 0 Å². The van der Waals surface area contributed by atoms with E-state index in [0.29, 0.717) is 13.1 Å². The zero-order chi connectivity index (χ0) is 12.6. The van der Waals surface area contributed by atoms with Gasteiger partial charge in [-0.05, 0) is 12.8 Å². The van der Waals surface area contributed by atoms with Crippen molar-refractivity contribution in [2.24, 2.45) is 0 Å². The molecule has 0 heterocycles. The van der Waals surface area contributed by atoms with Crippen LogP contribution in [-0.4, -0.2) is 48.8 Å². The van der Waals surface area contributed by atoms with Gasteiger partial charge in [-0.3, -0.25) is 9.59 Å². The van der Waals surface area contributed by atoms with Crippen LogP contribution in [0.3, 0.4) is 0 Å². The Labute approximate surface area is 98.6 Å². The molecule has 0 aliphatic rings. The van der Waals surface area contributed by atoms with Crippen LogP contribution in [0.15, 0.2) is 0 Å². The molecule has 0 aromatic heterocycles. The van der Waals surface area contributed by atoms with E-state index in [1.807, 2.05) is 0 Å². The summed E-state index contributed by atoms with van der Waals surface area (Å²) in [7, 11) is 3.37. The van der Waals surface area contributed by atoms with E-state index in [1.165, 1.54) is 9.80 Å². The first-order valence-corrected chi connectivity index (χ1v) is 6.05. The zero-order valence-corrected chi connectivity index (χ0v) is 11.0. The Morgan fingerprint density at radius 1 is 0.812 bits per heavy atom. The molecule has 0 aliphatic heterocycles. The van der Waals surface area contributed by atoms with Crippen molar-refractivity contribution in [1.29, 1.82) is 0 Å². The predicted octanol–water partition coefficient (Wildman–Crippen LogP) is 1.50. The molecule has 0 atom stereocenters. The third kappa shape index (κ3) is 5.14. The molecule has 0 saturated heterocycles. The number of hydrogen-bond acceptors (Lipinski definition) is 2. The third-order valence-electron chi connectivity index (χ3n) is 2.57. The number of carbonyl (C=O) groups is 2. The highest BCUT2D eigenvalue weighted by Crippen LogP contribution is 1.98. The summed E-state index contributed by atoms with van der Waals surface area (Å²) in [6.07, 6.45) is 3.93. The number of likely N-dealkylation sites (N-methyl/N-ethyl adjacent to an activating group) is 2. The second kappa shape index (κ2) is 8.13. The molecule has 4 heteroatoms. The van der Waals surface area contributed by atoms with E-state index >= 15 is 0 Å². The second-order valence-electron chi connectivity index (χ2n) is 4.16. The van der Waals surface area contributed by atoms with Gasteiger partial charge in [-0.25, -0.2) is 0 Å². The molecule has 0 unspecified atom stereocenters. The van der Waals surface area contributed by atoms with Gasteiger partial charge < -0.3 is 9.80 Å². The Kier molecular flexibility index (Phi) is 7.60. The summed E-state index contributed by atoms with van der Waals surface area (Å²) >= 11 is 0. The van der Waals surface area contributed by atoms with Gasteiger partial charge in [0.25, 0.3) is 0 Å². The first kappa shape index (κ1) is 14.9. The van der Waals surface area contributed by atoms with Crippen molar-refractivity contribution in [1.82, 2.24) is 9.80 Å². The van der Waals surface area contributed by atoms with Crippen molar-refractivity contribution in [3.05, 3.63) is 0 Å². The highest BCUT2D eigenvalue weighted by atomic mass is 16.2. The number of nitrogens with zero attached hydrogens (tertiary/aromatic N) is 2. The summed E-state index contributed by atoms with van der Waals surface area (Å²) in [6.45, 7) is 5.44. The van der Waals surface area contributed by atoms with Gasteiger partial charge in [0.05, 0.1) is 0 Å². The molecule has 4 nitrogen and oxygen atoms in total. The SMILES string of the molecule is CCCCN(C)C(=O)C(=O)N(C)CCCC. The molecule has 2 amide bonds. The Morgan fingerprint density at radius 3 is 1.38 bits per heavy atom. The van der Waals surface area contributed by atoms with Crippen LogP contribution in [0.25, 0.3) is 0 Å². The smallest absolute Gasteiger partial charge is 0.311 e. The average molecular weight is 228 g/mol. The lowest BCUT2D eigenvalue weighted by atomic mass is 10.3. The standard InChI is InChI=1S/C12H24N2O2/c1-5-7-9-13(3)11(15)12(16)14(4)10-8-6-2/h5-10H2,1-4H3. The lowest BCUT2D eigenvalue weighted by molar-refractivity contribution is -0.150. The fourth-order valence-corrected chi connectivity index (χ4v) is 1.32. The minimum Gasteiger partial charge on any atom is -0.338 e. The van der Waals surface area contributed by atoms with E-state index in [-0.39, 0.29) is 0 Å². The normalized spacial score (nSPS) is 10.0. The van der Waals surface area contributed by atoms with Gasteiger partial charge in [0.2, 0.25) is 0 Å². The lowest BCUT2D eigenvalue weighted by Gasteiger charge is -2.21. The Bertz CT molecular complexity index is 205. The molecule has 0 bridgehead atoms. The van der Waals surface area contributed by atoms with Crippen molar-refractivity contribution >= 4 is 11.8 Å². The van der Waals surface area contributed by atoms with Crippen molar-refractivity contribution in [2.45, 2.75) is 39.5 Å². The topological polar surface area (TPSA) is 40.6 Å². The van der Waals surface area contributed by atoms with Crippen LogP contribution < -0.4 is 0 Å². The molecule has 0 saturated carbocycles. The monoisotopic (exact) mass is 228 g/mol. The van der Waals surface area contributed by atoms with E-state index in [1.54, 1.807) is 14.1 Å². The Hall–Kier alpha value is -1.06.